The number of fused-ring (bicyclic) bond motifs is 12. The Balaban J connectivity index is 1.51. The normalized spacial score (nSPS) is 13.8. The minimum atomic E-state index is -0.159. The van der Waals surface area contributed by atoms with E-state index in [1.54, 1.807) is 0 Å². The van der Waals surface area contributed by atoms with Crippen LogP contribution in [0.25, 0.3) is 76.1 Å². The first-order chi connectivity index (χ1) is 20.1. The second-order valence-corrected chi connectivity index (χ2v) is 12.1. The molecule has 0 N–H and O–H groups in total. The molecule has 0 fully saturated rings. The summed E-state index contributed by atoms with van der Waals surface area (Å²) in [5.74, 6) is 0. The third kappa shape index (κ3) is 2.95. The quantitative estimate of drug-likeness (QED) is 0.149. The van der Waals surface area contributed by atoms with Crippen LogP contribution in [-0.4, -0.2) is 0 Å². The number of rotatable bonds is 1. The highest BCUT2D eigenvalue weighted by Gasteiger charge is 2.40. The Morgan fingerprint density at radius 1 is 0.366 bits per heavy atom. The zero-order valence-electron chi connectivity index (χ0n) is 23.2. The first-order valence-corrected chi connectivity index (χ1v) is 14.5. The van der Waals surface area contributed by atoms with E-state index in [1.165, 1.54) is 87.2 Å². The van der Waals surface area contributed by atoms with Gasteiger partial charge in [0.1, 0.15) is 0 Å². The van der Waals surface area contributed by atoms with Gasteiger partial charge in [-0.1, -0.05) is 135 Å². The zero-order valence-corrected chi connectivity index (χ0v) is 23.2. The average molecular weight is 521 g/mol. The lowest BCUT2D eigenvalue weighted by molar-refractivity contribution is 0.667. The molecular weight excluding hydrogens is 492 g/mol. The average Bonchev–Trinajstić information content (AvgIpc) is 3.26. The summed E-state index contributed by atoms with van der Waals surface area (Å²) in [4.78, 5) is 0. The molecule has 0 spiro atoms. The molecule has 0 amide bonds. The molecule has 0 saturated heterocycles. The van der Waals surface area contributed by atoms with Crippen molar-refractivity contribution in [3.05, 3.63) is 145 Å². The van der Waals surface area contributed by atoms with E-state index < -0.39 is 0 Å². The van der Waals surface area contributed by atoms with E-state index >= 15 is 0 Å². The second-order valence-electron chi connectivity index (χ2n) is 12.1. The highest BCUT2D eigenvalue weighted by Crippen LogP contribution is 2.58. The van der Waals surface area contributed by atoms with Gasteiger partial charge in [-0.25, -0.2) is 0 Å². The fourth-order valence-electron chi connectivity index (χ4n) is 7.83. The van der Waals surface area contributed by atoms with E-state index in [4.69, 9.17) is 0 Å². The topological polar surface area (TPSA) is 0 Å². The maximum atomic E-state index is 2.54. The van der Waals surface area contributed by atoms with Crippen LogP contribution in [0.3, 0.4) is 0 Å². The van der Waals surface area contributed by atoms with Gasteiger partial charge in [0.05, 0.1) is 0 Å². The van der Waals surface area contributed by atoms with Gasteiger partial charge in [-0.3, -0.25) is 0 Å². The fraction of sp³-hybridized carbons (Fsp3) is 0.0732. The summed E-state index contributed by atoms with van der Waals surface area (Å²) in [6.07, 6.45) is 0. The molecule has 0 unspecified atom stereocenters. The minimum absolute atomic E-state index is 0.159. The van der Waals surface area contributed by atoms with Gasteiger partial charge in [-0.15, -0.1) is 0 Å². The first-order valence-electron chi connectivity index (χ1n) is 14.5. The summed E-state index contributed by atoms with van der Waals surface area (Å²) in [7, 11) is 0. The fourth-order valence-corrected chi connectivity index (χ4v) is 7.83. The Bertz CT molecular complexity index is 2330. The van der Waals surface area contributed by atoms with Gasteiger partial charge in [-0.2, -0.15) is 0 Å². The van der Waals surface area contributed by atoms with Crippen molar-refractivity contribution in [3.8, 4) is 22.3 Å². The highest BCUT2D eigenvalue weighted by molar-refractivity contribution is 6.24. The molecule has 0 aromatic heterocycles. The van der Waals surface area contributed by atoms with Crippen LogP contribution in [-0.2, 0) is 5.41 Å². The molecule has 0 radical (unpaired) electrons. The van der Waals surface area contributed by atoms with Gasteiger partial charge in [-0.05, 0) is 99.4 Å². The van der Waals surface area contributed by atoms with E-state index in [2.05, 4.69) is 147 Å². The molecular formula is C41H28. The molecule has 41 heavy (non-hydrogen) atoms. The van der Waals surface area contributed by atoms with Crippen molar-refractivity contribution in [2.24, 2.45) is 0 Å². The molecule has 0 atom stereocenters. The smallest absolute Gasteiger partial charge is 0.0165 e. The van der Waals surface area contributed by atoms with E-state index in [1.807, 2.05) is 0 Å². The van der Waals surface area contributed by atoms with Gasteiger partial charge in [0.2, 0.25) is 0 Å². The van der Waals surface area contributed by atoms with Gasteiger partial charge < -0.3 is 0 Å². The number of hydrogen-bond acceptors (Lipinski definition) is 0. The zero-order chi connectivity index (χ0) is 27.3. The van der Waals surface area contributed by atoms with Crippen molar-refractivity contribution in [3.63, 3.8) is 0 Å². The second kappa shape index (κ2) is 8.05. The Hall–Kier alpha value is -4.94. The van der Waals surface area contributed by atoms with Crippen LogP contribution in [0.15, 0.2) is 133 Å². The lowest BCUT2D eigenvalue weighted by atomic mass is 9.78. The summed E-state index contributed by atoms with van der Waals surface area (Å²) in [5, 5.41) is 13.2. The van der Waals surface area contributed by atoms with Crippen molar-refractivity contribution in [2.75, 3.05) is 0 Å². The molecule has 0 bridgehead atoms. The highest BCUT2D eigenvalue weighted by atomic mass is 14.4. The van der Waals surface area contributed by atoms with Crippen LogP contribution < -0.4 is 0 Å². The van der Waals surface area contributed by atoms with Crippen LogP contribution in [0.4, 0.5) is 0 Å². The maximum Gasteiger partial charge on any atom is 0.0165 e. The van der Waals surface area contributed by atoms with Crippen LogP contribution in [0, 0.1) is 0 Å². The molecule has 1 aliphatic carbocycles. The van der Waals surface area contributed by atoms with Crippen LogP contribution in [0.2, 0.25) is 0 Å². The van der Waals surface area contributed by atoms with Gasteiger partial charge in [0.15, 0.2) is 0 Å². The third-order valence-corrected chi connectivity index (χ3v) is 9.57. The lowest BCUT2D eigenvalue weighted by Crippen LogP contribution is -2.16. The monoisotopic (exact) mass is 520 g/mol. The molecule has 9 rings (SSSR count). The summed E-state index contributed by atoms with van der Waals surface area (Å²) >= 11 is 0. The predicted molar refractivity (Wildman–Crippen MR) is 177 cm³/mol. The molecule has 8 aromatic carbocycles. The molecule has 0 heteroatoms. The summed E-state index contributed by atoms with van der Waals surface area (Å²) < 4.78 is 0. The molecule has 0 aliphatic heterocycles. The number of benzene rings is 8. The van der Waals surface area contributed by atoms with Gasteiger partial charge >= 0.3 is 0 Å². The van der Waals surface area contributed by atoms with E-state index in [-0.39, 0.29) is 5.41 Å². The van der Waals surface area contributed by atoms with Crippen LogP contribution >= 0.6 is 0 Å². The Labute approximate surface area is 239 Å². The standard InChI is InChI=1S/C41H28/c1-41(2)36-24-35(37-27-15-5-3-13-25(27)23-26-14-4-6-16-28(26)37)31-19-8-10-20-32(31)38(36)39-33-21-11-7-17-29(33)30-18-9-12-22-34(30)40(39)41/h3-24H,1-2H3. The Morgan fingerprint density at radius 3 is 1.41 bits per heavy atom. The Kier molecular flexibility index (Phi) is 4.49. The first kappa shape index (κ1) is 22.8. The van der Waals surface area contributed by atoms with Gasteiger partial charge in [0, 0.05) is 5.41 Å². The number of hydrogen-bond donors (Lipinski definition) is 0. The van der Waals surface area contributed by atoms with Crippen molar-refractivity contribution in [2.45, 2.75) is 19.3 Å². The summed E-state index contributed by atoms with van der Waals surface area (Å²) in [5.41, 5.74) is 8.17. The van der Waals surface area contributed by atoms with Crippen molar-refractivity contribution >= 4 is 53.9 Å². The van der Waals surface area contributed by atoms with Crippen LogP contribution in [0.5, 0.6) is 0 Å². The predicted octanol–water partition coefficient (Wildman–Crippen LogP) is 11.4. The molecule has 0 heterocycles. The minimum Gasteiger partial charge on any atom is -0.0616 e. The summed E-state index contributed by atoms with van der Waals surface area (Å²) in [6.45, 7) is 4.86. The largest absolute Gasteiger partial charge is 0.0616 e. The van der Waals surface area contributed by atoms with E-state index in [0.29, 0.717) is 0 Å². The van der Waals surface area contributed by atoms with E-state index in [0.717, 1.165) is 0 Å². The van der Waals surface area contributed by atoms with Crippen LogP contribution in [0.1, 0.15) is 25.0 Å². The van der Waals surface area contributed by atoms with Gasteiger partial charge in [0.25, 0.3) is 0 Å². The molecule has 8 aromatic rings. The summed E-state index contributed by atoms with van der Waals surface area (Å²) in [6, 6.07) is 49.7. The third-order valence-electron chi connectivity index (χ3n) is 9.57. The van der Waals surface area contributed by atoms with Crippen molar-refractivity contribution in [1.29, 1.82) is 0 Å². The molecule has 0 nitrogen and oxygen atoms in total. The Morgan fingerprint density at radius 2 is 0.805 bits per heavy atom. The molecule has 192 valence electrons. The lowest BCUT2D eigenvalue weighted by Gasteiger charge is -2.25. The van der Waals surface area contributed by atoms with E-state index in [9.17, 15) is 0 Å². The van der Waals surface area contributed by atoms with Crippen molar-refractivity contribution < 1.29 is 0 Å². The SMILES string of the molecule is CC1(C)c2cc(-c3c4ccccc4cc4ccccc34)c3ccccc3c2-c2c1c1ccccc1c1ccccc21. The molecule has 0 saturated carbocycles. The van der Waals surface area contributed by atoms with Crippen molar-refractivity contribution in [1.82, 2.24) is 0 Å². The molecule has 1 aliphatic rings. The maximum absolute atomic E-state index is 2.54.